The van der Waals surface area contributed by atoms with Crippen LogP contribution >= 0.6 is 11.8 Å². The Bertz CT molecular complexity index is 668. The van der Waals surface area contributed by atoms with Crippen molar-refractivity contribution < 1.29 is 9.18 Å². The summed E-state index contributed by atoms with van der Waals surface area (Å²) in [7, 11) is 0. The van der Waals surface area contributed by atoms with Gasteiger partial charge in [-0.25, -0.2) is 4.39 Å². The van der Waals surface area contributed by atoms with Crippen LogP contribution in [0.5, 0.6) is 0 Å². The zero-order valence-corrected chi connectivity index (χ0v) is 11.6. The number of fused-ring (bicyclic) bond motifs is 4. The molecule has 1 atom stereocenters. The molecule has 4 rings (SSSR count). The molecule has 0 bridgehead atoms. The third-order valence-corrected chi connectivity index (χ3v) is 4.99. The minimum atomic E-state index is -0.282. The molecule has 1 unspecified atom stereocenters. The minimum Gasteiger partial charge on any atom is -0.269 e. The lowest BCUT2D eigenvalue weighted by atomic mass is 9.90. The molecule has 0 radical (unpaired) electrons. The van der Waals surface area contributed by atoms with Crippen LogP contribution in [-0.4, -0.2) is 17.1 Å². The van der Waals surface area contributed by atoms with Gasteiger partial charge in [0.2, 0.25) is 0 Å². The van der Waals surface area contributed by atoms with E-state index in [1.165, 1.54) is 23.9 Å². The zero-order valence-electron chi connectivity index (χ0n) is 10.8. The van der Waals surface area contributed by atoms with Crippen LogP contribution in [0.25, 0.3) is 0 Å². The zero-order chi connectivity index (χ0) is 13.7. The molecule has 1 aromatic carbocycles. The van der Waals surface area contributed by atoms with Crippen LogP contribution in [-0.2, 0) is 4.79 Å². The van der Waals surface area contributed by atoms with Crippen LogP contribution in [0.3, 0.4) is 0 Å². The molecule has 3 aliphatic rings. The van der Waals surface area contributed by atoms with Crippen LogP contribution in [0.15, 0.2) is 39.7 Å². The van der Waals surface area contributed by atoms with Crippen LogP contribution in [0.1, 0.15) is 25.7 Å². The first-order valence-electron chi connectivity index (χ1n) is 6.82. The maximum Gasteiger partial charge on any atom is 0.257 e. The van der Waals surface area contributed by atoms with Gasteiger partial charge in [-0.2, -0.15) is 0 Å². The lowest BCUT2D eigenvalue weighted by molar-refractivity contribution is -0.113. The lowest BCUT2D eigenvalue weighted by Gasteiger charge is -2.20. The number of benzene rings is 1. The predicted molar refractivity (Wildman–Crippen MR) is 77.5 cm³/mol. The van der Waals surface area contributed by atoms with Crippen LogP contribution < -0.4 is 4.90 Å². The van der Waals surface area contributed by atoms with Gasteiger partial charge in [-0.1, -0.05) is 6.42 Å². The van der Waals surface area contributed by atoms with Gasteiger partial charge < -0.3 is 0 Å². The van der Waals surface area contributed by atoms with Gasteiger partial charge in [0, 0.05) is 11.0 Å². The third kappa shape index (κ3) is 1.80. The number of rotatable bonds is 0. The standard InChI is InChI=1S/C15H13FN2OS/c16-10-5-6-12-13(8-10)20-15-17-11-4-2-1-3-9(11)7-14(19)18(12)15/h5-8,11H,1-4H2. The molecule has 0 spiro atoms. The normalized spacial score (nSPS) is 24.4. The average molecular weight is 288 g/mol. The molecule has 0 aromatic heterocycles. The summed E-state index contributed by atoms with van der Waals surface area (Å²) in [4.78, 5) is 19.6. The number of amides is 1. The second kappa shape index (κ2) is 4.45. The Morgan fingerprint density at radius 2 is 2.25 bits per heavy atom. The summed E-state index contributed by atoms with van der Waals surface area (Å²) in [6.45, 7) is 0. The fraction of sp³-hybridized carbons (Fsp3) is 0.333. The van der Waals surface area contributed by atoms with E-state index in [4.69, 9.17) is 4.99 Å². The van der Waals surface area contributed by atoms with Gasteiger partial charge in [0.15, 0.2) is 5.17 Å². The Hall–Kier alpha value is -1.62. The highest BCUT2D eigenvalue weighted by molar-refractivity contribution is 8.14. The lowest BCUT2D eigenvalue weighted by Crippen LogP contribution is -2.30. The maximum atomic E-state index is 13.3. The summed E-state index contributed by atoms with van der Waals surface area (Å²) in [5, 5.41) is 0.689. The van der Waals surface area contributed by atoms with Crippen molar-refractivity contribution in [2.24, 2.45) is 4.99 Å². The summed E-state index contributed by atoms with van der Waals surface area (Å²) in [5.41, 5.74) is 1.89. The van der Waals surface area contributed by atoms with Gasteiger partial charge in [-0.3, -0.25) is 14.7 Å². The SMILES string of the molecule is O=C1C=C2CCCCC2N=C2Sc3cc(F)ccc3N12. The Labute approximate surface area is 120 Å². The highest BCUT2D eigenvalue weighted by Gasteiger charge is 2.35. The van der Waals surface area contributed by atoms with Crippen molar-refractivity contribution in [1.29, 1.82) is 0 Å². The monoisotopic (exact) mass is 288 g/mol. The maximum absolute atomic E-state index is 13.3. The Morgan fingerprint density at radius 3 is 3.15 bits per heavy atom. The first-order chi connectivity index (χ1) is 9.72. The van der Waals surface area contributed by atoms with Gasteiger partial charge in [0.05, 0.1) is 11.7 Å². The third-order valence-electron chi connectivity index (χ3n) is 3.97. The summed E-state index contributed by atoms with van der Waals surface area (Å²) < 4.78 is 13.3. The fourth-order valence-corrected chi connectivity index (χ4v) is 4.08. The molecule has 1 saturated carbocycles. The number of thioether (sulfide) groups is 1. The summed E-state index contributed by atoms with van der Waals surface area (Å²) in [6.07, 6.45) is 5.98. The Morgan fingerprint density at radius 1 is 1.35 bits per heavy atom. The first-order valence-corrected chi connectivity index (χ1v) is 7.64. The number of anilines is 1. The van der Waals surface area contributed by atoms with E-state index in [2.05, 4.69) is 0 Å². The number of aliphatic imine (C=N–C) groups is 1. The average Bonchev–Trinajstić information content (AvgIpc) is 2.71. The number of halogens is 1. The molecule has 102 valence electrons. The number of carbonyl (C=O) groups is 1. The van der Waals surface area contributed by atoms with Gasteiger partial charge in [0.25, 0.3) is 5.91 Å². The van der Waals surface area contributed by atoms with Crippen molar-refractivity contribution in [3.8, 4) is 0 Å². The smallest absolute Gasteiger partial charge is 0.257 e. The largest absolute Gasteiger partial charge is 0.269 e. The molecule has 20 heavy (non-hydrogen) atoms. The van der Waals surface area contributed by atoms with Gasteiger partial charge in [-0.05, 0) is 54.8 Å². The quantitative estimate of drug-likeness (QED) is 0.732. The van der Waals surface area contributed by atoms with E-state index in [-0.39, 0.29) is 17.8 Å². The first kappa shape index (κ1) is 12.1. The number of amidine groups is 1. The molecule has 1 aromatic rings. The van der Waals surface area contributed by atoms with Crippen molar-refractivity contribution in [3.05, 3.63) is 35.7 Å². The van der Waals surface area contributed by atoms with E-state index >= 15 is 0 Å². The molecule has 1 aliphatic carbocycles. The molecule has 1 amide bonds. The molecule has 5 heteroatoms. The van der Waals surface area contributed by atoms with Crippen LogP contribution in [0.4, 0.5) is 10.1 Å². The predicted octanol–water partition coefficient (Wildman–Crippen LogP) is 3.50. The fourth-order valence-electron chi connectivity index (χ4n) is 2.99. The van der Waals surface area contributed by atoms with Crippen LogP contribution in [0.2, 0.25) is 0 Å². The van der Waals surface area contributed by atoms with E-state index < -0.39 is 0 Å². The van der Waals surface area contributed by atoms with Gasteiger partial charge >= 0.3 is 0 Å². The number of nitrogens with zero attached hydrogens (tertiary/aromatic N) is 2. The number of hydrogen-bond donors (Lipinski definition) is 0. The molecule has 2 heterocycles. The van der Waals surface area contributed by atoms with E-state index in [1.807, 2.05) is 0 Å². The summed E-state index contributed by atoms with van der Waals surface area (Å²) in [6, 6.07) is 4.64. The van der Waals surface area contributed by atoms with E-state index in [9.17, 15) is 9.18 Å². The highest BCUT2D eigenvalue weighted by atomic mass is 32.2. The Balaban J connectivity index is 1.82. The van der Waals surface area contributed by atoms with Gasteiger partial charge in [0.1, 0.15) is 5.82 Å². The highest BCUT2D eigenvalue weighted by Crippen LogP contribution is 2.43. The van der Waals surface area contributed by atoms with E-state index in [0.717, 1.165) is 41.8 Å². The second-order valence-corrected chi connectivity index (χ2v) is 6.29. The van der Waals surface area contributed by atoms with Crippen molar-refractivity contribution in [2.75, 3.05) is 4.90 Å². The van der Waals surface area contributed by atoms with Crippen molar-refractivity contribution in [3.63, 3.8) is 0 Å². The van der Waals surface area contributed by atoms with Gasteiger partial charge in [-0.15, -0.1) is 0 Å². The summed E-state index contributed by atoms with van der Waals surface area (Å²) >= 11 is 1.39. The van der Waals surface area contributed by atoms with Crippen LogP contribution in [0, 0.1) is 5.82 Å². The molecule has 3 nitrogen and oxygen atoms in total. The van der Waals surface area contributed by atoms with Crippen molar-refractivity contribution >= 4 is 28.5 Å². The Kier molecular flexibility index (Phi) is 2.70. The molecule has 2 aliphatic heterocycles. The van der Waals surface area contributed by atoms with E-state index in [0.29, 0.717) is 5.17 Å². The minimum absolute atomic E-state index is 0.0546. The topological polar surface area (TPSA) is 32.7 Å². The molecule has 0 saturated heterocycles. The second-order valence-electron chi connectivity index (χ2n) is 5.28. The number of hydrogen-bond acceptors (Lipinski definition) is 3. The molecule has 1 fully saturated rings. The molecular weight excluding hydrogens is 275 g/mol. The number of carbonyl (C=O) groups excluding carboxylic acids is 1. The van der Waals surface area contributed by atoms with E-state index in [1.54, 1.807) is 17.0 Å². The molecular formula is C15H13FN2OS. The van der Waals surface area contributed by atoms with Crippen molar-refractivity contribution in [1.82, 2.24) is 0 Å². The summed E-state index contributed by atoms with van der Waals surface area (Å²) in [5.74, 6) is -0.336. The van der Waals surface area contributed by atoms with Crippen molar-refractivity contribution in [2.45, 2.75) is 36.6 Å². The molecule has 0 N–H and O–H groups in total.